The predicted octanol–water partition coefficient (Wildman–Crippen LogP) is 5.84. The Morgan fingerprint density at radius 1 is 0.971 bits per heavy atom. The van der Waals surface area contributed by atoms with Crippen molar-refractivity contribution in [3.63, 3.8) is 0 Å². The number of nitrogens with zero attached hydrogens (tertiary/aromatic N) is 2. The van der Waals surface area contributed by atoms with Crippen molar-refractivity contribution in [2.45, 2.75) is 38.5 Å². The average molecular weight is 507 g/mol. The molecule has 2 aliphatic heterocycles. The van der Waals surface area contributed by atoms with Crippen LogP contribution in [0.2, 0.25) is 10.0 Å². The topological polar surface area (TPSA) is 49.9 Å². The van der Waals surface area contributed by atoms with E-state index in [0.717, 1.165) is 45.2 Å². The van der Waals surface area contributed by atoms with Crippen LogP contribution in [0.5, 0.6) is 5.75 Å². The molecule has 8 heteroatoms. The van der Waals surface area contributed by atoms with Gasteiger partial charge in [-0.05, 0) is 68.5 Å². The monoisotopic (exact) mass is 506 g/mol. The van der Waals surface area contributed by atoms with Crippen molar-refractivity contribution < 1.29 is 18.7 Å². The van der Waals surface area contributed by atoms with Crippen LogP contribution < -0.4 is 4.74 Å². The summed E-state index contributed by atoms with van der Waals surface area (Å²) in [5.41, 5.74) is -0.200. The zero-order valence-corrected chi connectivity index (χ0v) is 20.6. The van der Waals surface area contributed by atoms with Gasteiger partial charge in [-0.3, -0.25) is 9.59 Å². The Labute approximate surface area is 209 Å². The predicted molar refractivity (Wildman–Crippen MR) is 131 cm³/mol. The van der Waals surface area contributed by atoms with Crippen LogP contribution in [0.1, 0.15) is 48.9 Å². The highest BCUT2D eigenvalue weighted by atomic mass is 35.5. The molecule has 2 amide bonds. The van der Waals surface area contributed by atoms with E-state index >= 15 is 0 Å². The highest BCUT2D eigenvalue weighted by molar-refractivity contribution is 6.31. The molecular weight excluding hydrogens is 478 g/mol. The number of ether oxygens (including phenoxy) is 1. The first-order valence-electron chi connectivity index (χ1n) is 11.8. The number of carbonyl (C=O) groups excluding carboxylic acids is 2. The maximum absolute atomic E-state index is 13.6. The third-order valence-electron chi connectivity index (χ3n) is 6.69. The highest BCUT2D eigenvalue weighted by Gasteiger charge is 2.41. The highest BCUT2D eigenvalue weighted by Crippen LogP contribution is 2.36. The third-order valence-corrected chi connectivity index (χ3v) is 7.22. The average Bonchev–Trinajstić information content (AvgIpc) is 2.85. The summed E-state index contributed by atoms with van der Waals surface area (Å²) < 4.78 is 19.7. The number of amides is 2. The summed E-state index contributed by atoms with van der Waals surface area (Å²) in [6, 6.07) is 11.2. The molecule has 0 bridgehead atoms. The summed E-state index contributed by atoms with van der Waals surface area (Å²) >= 11 is 12.0. The van der Waals surface area contributed by atoms with Crippen molar-refractivity contribution in [3.05, 3.63) is 63.9 Å². The lowest BCUT2D eigenvalue weighted by atomic mass is 9.77. The molecule has 2 fully saturated rings. The third kappa shape index (κ3) is 6.02. The van der Waals surface area contributed by atoms with Crippen molar-refractivity contribution in [3.8, 4) is 5.75 Å². The van der Waals surface area contributed by atoms with Gasteiger partial charge in [-0.1, -0.05) is 29.3 Å². The summed E-state index contributed by atoms with van der Waals surface area (Å²) in [5, 5.41) is 0.489. The second kappa shape index (κ2) is 11.0. The van der Waals surface area contributed by atoms with Crippen molar-refractivity contribution in [2.75, 3.05) is 32.8 Å². The molecule has 0 aliphatic carbocycles. The number of benzene rings is 2. The second-order valence-electron chi connectivity index (χ2n) is 9.32. The van der Waals surface area contributed by atoms with Gasteiger partial charge in [-0.15, -0.1) is 0 Å². The van der Waals surface area contributed by atoms with Crippen LogP contribution in [-0.4, -0.2) is 54.4 Å². The first-order valence-corrected chi connectivity index (χ1v) is 12.5. The molecule has 34 heavy (non-hydrogen) atoms. The number of rotatable bonds is 6. The van der Waals surface area contributed by atoms with Crippen molar-refractivity contribution in [1.29, 1.82) is 0 Å². The minimum absolute atomic E-state index is 0.0845. The number of piperidine rings is 2. The zero-order valence-electron chi connectivity index (χ0n) is 19.1. The first-order chi connectivity index (χ1) is 16.3. The van der Waals surface area contributed by atoms with Crippen molar-refractivity contribution >= 4 is 35.0 Å². The quantitative estimate of drug-likeness (QED) is 0.494. The maximum atomic E-state index is 13.6. The van der Waals surface area contributed by atoms with Gasteiger partial charge in [0.15, 0.2) is 0 Å². The van der Waals surface area contributed by atoms with E-state index in [-0.39, 0.29) is 16.8 Å². The Hall–Kier alpha value is -2.31. The van der Waals surface area contributed by atoms with Gasteiger partial charge < -0.3 is 14.5 Å². The van der Waals surface area contributed by atoms with Gasteiger partial charge in [0, 0.05) is 48.6 Å². The molecule has 182 valence electrons. The lowest BCUT2D eigenvalue weighted by molar-refractivity contribution is -0.136. The van der Waals surface area contributed by atoms with Gasteiger partial charge in [0.2, 0.25) is 5.91 Å². The molecule has 2 saturated heterocycles. The fourth-order valence-corrected chi connectivity index (χ4v) is 5.24. The molecule has 2 aromatic carbocycles. The number of carbonyl (C=O) groups is 2. The summed E-state index contributed by atoms with van der Waals surface area (Å²) in [5.74, 6) is -0.0491. The van der Waals surface area contributed by atoms with E-state index in [4.69, 9.17) is 27.9 Å². The minimum Gasteiger partial charge on any atom is -0.493 e. The van der Waals surface area contributed by atoms with E-state index in [1.165, 1.54) is 18.2 Å². The lowest BCUT2D eigenvalue weighted by Crippen LogP contribution is -2.51. The number of halogens is 3. The normalized spacial score (nSPS) is 20.8. The Kier molecular flexibility index (Phi) is 7.99. The van der Waals surface area contributed by atoms with Crippen LogP contribution in [0.4, 0.5) is 4.39 Å². The molecule has 5 nitrogen and oxygen atoms in total. The largest absolute Gasteiger partial charge is 0.493 e. The Bertz CT molecular complexity index is 1040. The van der Waals surface area contributed by atoms with E-state index in [9.17, 15) is 14.0 Å². The van der Waals surface area contributed by atoms with E-state index in [0.29, 0.717) is 42.5 Å². The summed E-state index contributed by atoms with van der Waals surface area (Å²) in [4.78, 5) is 30.2. The number of likely N-dealkylation sites (tertiary alicyclic amines) is 2. The van der Waals surface area contributed by atoms with Gasteiger partial charge in [0.1, 0.15) is 11.6 Å². The minimum atomic E-state index is -0.562. The number of hydrogen-bond donors (Lipinski definition) is 0. The van der Waals surface area contributed by atoms with Gasteiger partial charge in [-0.2, -0.15) is 0 Å². The van der Waals surface area contributed by atoms with Crippen LogP contribution in [0, 0.1) is 11.2 Å². The molecule has 0 aromatic heterocycles. The second-order valence-corrected chi connectivity index (χ2v) is 10.2. The van der Waals surface area contributed by atoms with E-state index in [2.05, 4.69) is 0 Å². The molecule has 1 unspecified atom stereocenters. The zero-order chi connectivity index (χ0) is 24.1. The van der Waals surface area contributed by atoms with Crippen LogP contribution in [-0.2, 0) is 4.79 Å². The van der Waals surface area contributed by atoms with Crippen LogP contribution in [0.15, 0.2) is 42.5 Å². The lowest BCUT2D eigenvalue weighted by Gasteiger charge is -2.43. The summed E-state index contributed by atoms with van der Waals surface area (Å²) in [6.07, 6.45) is 5.01. The van der Waals surface area contributed by atoms with Gasteiger partial charge in [-0.25, -0.2) is 4.39 Å². The maximum Gasteiger partial charge on any atom is 0.253 e. The standard InChI is InChI=1S/C26H29Cl2FN2O3/c27-20-6-4-7-21(15-20)34-18-26(16-24(32)30-11-2-1-3-12-30)10-5-13-31(17-26)25(33)19-8-9-23(29)22(28)14-19/h4,6-9,14-15H,1-3,5,10-13,16-18H2. The van der Waals surface area contributed by atoms with E-state index in [1.807, 2.05) is 17.0 Å². The summed E-state index contributed by atoms with van der Waals surface area (Å²) in [6.45, 7) is 2.79. The Balaban J connectivity index is 1.54. The van der Waals surface area contributed by atoms with E-state index in [1.54, 1.807) is 17.0 Å². The molecule has 1 atom stereocenters. The van der Waals surface area contributed by atoms with Crippen LogP contribution in [0.3, 0.4) is 0 Å². The van der Waals surface area contributed by atoms with Crippen molar-refractivity contribution in [2.24, 2.45) is 5.41 Å². The first kappa shape index (κ1) is 24.8. The van der Waals surface area contributed by atoms with Crippen molar-refractivity contribution in [1.82, 2.24) is 9.80 Å². The molecule has 2 aromatic rings. The fraction of sp³-hybridized carbons (Fsp3) is 0.462. The van der Waals surface area contributed by atoms with Crippen LogP contribution >= 0.6 is 23.2 Å². The smallest absolute Gasteiger partial charge is 0.253 e. The molecule has 2 heterocycles. The fourth-order valence-electron chi connectivity index (χ4n) is 4.88. The molecular formula is C26H29Cl2FN2O3. The summed E-state index contributed by atoms with van der Waals surface area (Å²) in [7, 11) is 0. The van der Waals surface area contributed by atoms with Gasteiger partial charge in [0.05, 0.1) is 11.6 Å². The SMILES string of the molecule is O=C(CC1(COc2cccc(Cl)c2)CCCN(C(=O)c2ccc(F)c(Cl)c2)C1)N1CCCCC1. The van der Waals surface area contributed by atoms with E-state index < -0.39 is 11.2 Å². The molecule has 4 rings (SSSR count). The molecule has 0 spiro atoms. The Morgan fingerprint density at radius 3 is 2.47 bits per heavy atom. The van der Waals surface area contributed by atoms with Gasteiger partial charge >= 0.3 is 0 Å². The molecule has 0 radical (unpaired) electrons. The number of hydrogen-bond acceptors (Lipinski definition) is 3. The van der Waals surface area contributed by atoms with Crippen LogP contribution in [0.25, 0.3) is 0 Å². The molecule has 0 saturated carbocycles. The Morgan fingerprint density at radius 2 is 1.74 bits per heavy atom. The van der Waals surface area contributed by atoms with Gasteiger partial charge in [0.25, 0.3) is 5.91 Å². The molecule has 0 N–H and O–H groups in total. The molecule has 2 aliphatic rings.